The largest absolute Gasteiger partial charge is 0.325 e. The number of rotatable bonds is 4. The van der Waals surface area contributed by atoms with Gasteiger partial charge in [-0.25, -0.2) is 0 Å². The van der Waals surface area contributed by atoms with Crippen molar-refractivity contribution >= 4 is 0 Å². The highest BCUT2D eigenvalue weighted by Gasteiger charge is 2.37. The summed E-state index contributed by atoms with van der Waals surface area (Å²) < 4.78 is 2.02. The molecule has 0 aromatic carbocycles. The Hall–Kier alpha value is -0.830. The Morgan fingerprint density at radius 2 is 2.29 bits per heavy atom. The Balaban J connectivity index is 1.90. The summed E-state index contributed by atoms with van der Waals surface area (Å²) in [5.74, 6) is 0.566. The molecule has 0 spiro atoms. The third-order valence-electron chi connectivity index (χ3n) is 3.05. The fraction of sp³-hybridized carbons (Fsp3) is 0.727. The van der Waals surface area contributed by atoms with Gasteiger partial charge in [-0.3, -0.25) is 4.68 Å². The zero-order chi connectivity index (χ0) is 10.2. The number of nitrogens with two attached hydrogens (primary N) is 1. The van der Waals surface area contributed by atoms with Crippen molar-refractivity contribution in [2.24, 2.45) is 5.73 Å². The van der Waals surface area contributed by atoms with Gasteiger partial charge in [-0.15, -0.1) is 0 Å². The predicted molar refractivity (Wildman–Crippen MR) is 57.1 cm³/mol. The van der Waals surface area contributed by atoms with Crippen LogP contribution in [0.15, 0.2) is 12.4 Å². The number of hydrogen-bond acceptors (Lipinski definition) is 2. The molecular weight excluding hydrogens is 174 g/mol. The lowest BCUT2D eigenvalue weighted by atomic mass is 10.1. The van der Waals surface area contributed by atoms with Crippen molar-refractivity contribution in [3.05, 3.63) is 18.0 Å². The van der Waals surface area contributed by atoms with E-state index in [0.717, 1.165) is 13.0 Å². The standard InChI is InChI=1S/C11H19N3/c1-9(2)10-7-13-14(8-10)6-5-11(12)3-4-11/h7-9H,3-6,12H2,1-2H3. The summed E-state index contributed by atoms with van der Waals surface area (Å²) >= 11 is 0. The van der Waals surface area contributed by atoms with Gasteiger partial charge in [0.2, 0.25) is 0 Å². The van der Waals surface area contributed by atoms with Gasteiger partial charge in [0.15, 0.2) is 0 Å². The molecule has 1 saturated carbocycles. The molecule has 0 aliphatic heterocycles. The van der Waals surface area contributed by atoms with Gasteiger partial charge in [0.25, 0.3) is 0 Å². The first-order chi connectivity index (χ1) is 6.59. The first-order valence-corrected chi connectivity index (χ1v) is 5.40. The first-order valence-electron chi connectivity index (χ1n) is 5.40. The Labute approximate surface area is 85.3 Å². The Bertz CT molecular complexity index is 310. The molecule has 2 rings (SSSR count). The average molecular weight is 193 g/mol. The zero-order valence-electron chi connectivity index (χ0n) is 9.03. The highest BCUT2D eigenvalue weighted by Crippen LogP contribution is 2.35. The highest BCUT2D eigenvalue weighted by molar-refractivity contribution is 5.09. The Kier molecular flexibility index (Phi) is 2.35. The van der Waals surface area contributed by atoms with Crippen LogP contribution in [0.3, 0.4) is 0 Å². The molecule has 14 heavy (non-hydrogen) atoms. The molecule has 1 aliphatic carbocycles. The summed E-state index contributed by atoms with van der Waals surface area (Å²) in [6, 6.07) is 0. The quantitative estimate of drug-likeness (QED) is 0.793. The van der Waals surface area contributed by atoms with Crippen molar-refractivity contribution in [2.75, 3.05) is 0 Å². The molecule has 0 unspecified atom stereocenters. The smallest absolute Gasteiger partial charge is 0.0524 e. The number of aromatic nitrogens is 2. The van der Waals surface area contributed by atoms with Crippen LogP contribution < -0.4 is 5.73 Å². The fourth-order valence-electron chi connectivity index (χ4n) is 1.55. The van der Waals surface area contributed by atoms with E-state index in [1.54, 1.807) is 0 Å². The minimum absolute atomic E-state index is 0.143. The first kappa shape index (κ1) is 9.71. The van der Waals surface area contributed by atoms with Gasteiger partial charge in [0.05, 0.1) is 6.20 Å². The number of hydrogen-bond donors (Lipinski definition) is 1. The Morgan fingerprint density at radius 3 is 2.79 bits per heavy atom. The van der Waals surface area contributed by atoms with Gasteiger partial charge in [0, 0.05) is 18.3 Å². The van der Waals surface area contributed by atoms with Crippen molar-refractivity contribution < 1.29 is 0 Å². The van der Waals surface area contributed by atoms with E-state index >= 15 is 0 Å². The van der Waals surface area contributed by atoms with Crippen LogP contribution in [0, 0.1) is 0 Å². The zero-order valence-corrected chi connectivity index (χ0v) is 9.03. The summed E-state index contributed by atoms with van der Waals surface area (Å²) in [7, 11) is 0. The maximum atomic E-state index is 6.02. The molecule has 78 valence electrons. The van der Waals surface area contributed by atoms with Crippen molar-refractivity contribution in [1.82, 2.24) is 9.78 Å². The minimum atomic E-state index is 0.143. The monoisotopic (exact) mass is 193 g/mol. The third-order valence-corrected chi connectivity index (χ3v) is 3.05. The van der Waals surface area contributed by atoms with Crippen LogP contribution in [0.1, 0.15) is 44.6 Å². The molecule has 3 nitrogen and oxygen atoms in total. The van der Waals surface area contributed by atoms with Gasteiger partial charge in [0.1, 0.15) is 0 Å². The molecule has 0 saturated heterocycles. The molecule has 1 aromatic rings. The second kappa shape index (κ2) is 3.39. The summed E-state index contributed by atoms with van der Waals surface area (Å²) in [6.07, 6.45) is 7.53. The van der Waals surface area contributed by atoms with E-state index < -0.39 is 0 Å². The molecule has 1 aromatic heterocycles. The van der Waals surface area contributed by atoms with E-state index in [-0.39, 0.29) is 5.54 Å². The molecule has 0 bridgehead atoms. The van der Waals surface area contributed by atoms with Crippen LogP contribution in [0.5, 0.6) is 0 Å². The van der Waals surface area contributed by atoms with Crippen LogP contribution in [-0.2, 0) is 6.54 Å². The van der Waals surface area contributed by atoms with E-state index in [9.17, 15) is 0 Å². The van der Waals surface area contributed by atoms with Crippen molar-refractivity contribution in [3.8, 4) is 0 Å². The van der Waals surface area contributed by atoms with E-state index in [1.165, 1.54) is 18.4 Å². The molecule has 1 aliphatic rings. The van der Waals surface area contributed by atoms with Gasteiger partial charge < -0.3 is 5.73 Å². The topological polar surface area (TPSA) is 43.8 Å². The lowest BCUT2D eigenvalue weighted by Gasteiger charge is -2.07. The van der Waals surface area contributed by atoms with Crippen molar-refractivity contribution in [3.63, 3.8) is 0 Å². The van der Waals surface area contributed by atoms with Crippen LogP contribution >= 0.6 is 0 Å². The normalized spacial score (nSPS) is 18.9. The van der Waals surface area contributed by atoms with Crippen LogP contribution in [0.2, 0.25) is 0 Å². The van der Waals surface area contributed by atoms with Crippen molar-refractivity contribution in [1.29, 1.82) is 0 Å². The minimum Gasteiger partial charge on any atom is -0.325 e. The molecule has 3 heteroatoms. The van der Waals surface area contributed by atoms with Crippen molar-refractivity contribution in [2.45, 2.75) is 51.1 Å². The predicted octanol–water partition coefficient (Wildman–Crippen LogP) is 1.89. The van der Waals surface area contributed by atoms with Gasteiger partial charge in [-0.05, 0) is 30.7 Å². The summed E-state index contributed by atoms with van der Waals surface area (Å²) in [5, 5.41) is 4.33. The summed E-state index contributed by atoms with van der Waals surface area (Å²) in [6.45, 7) is 5.34. The maximum absolute atomic E-state index is 6.02. The second-order valence-electron chi connectivity index (χ2n) is 4.80. The Morgan fingerprint density at radius 1 is 1.57 bits per heavy atom. The van der Waals surface area contributed by atoms with Gasteiger partial charge in [-0.1, -0.05) is 13.8 Å². The van der Waals surface area contributed by atoms with E-state index in [2.05, 4.69) is 25.1 Å². The molecule has 1 fully saturated rings. The third kappa shape index (κ3) is 2.15. The molecule has 1 heterocycles. The molecule has 0 radical (unpaired) electrons. The molecule has 0 amide bonds. The lowest BCUT2D eigenvalue weighted by molar-refractivity contribution is 0.500. The molecular formula is C11H19N3. The lowest BCUT2D eigenvalue weighted by Crippen LogP contribution is -2.23. The van der Waals surface area contributed by atoms with E-state index in [1.807, 2.05) is 10.9 Å². The van der Waals surface area contributed by atoms with Gasteiger partial charge >= 0.3 is 0 Å². The van der Waals surface area contributed by atoms with Crippen LogP contribution in [-0.4, -0.2) is 15.3 Å². The van der Waals surface area contributed by atoms with E-state index in [4.69, 9.17) is 5.73 Å². The summed E-state index contributed by atoms with van der Waals surface area (Å²) in [5.41, 5.74) is 7.47. The number of aryl methyl sites for hydroxylation is 1. The average Bonchev–Trinajstić information content (AvgIpc) is 2.68. The molecule has 0 atom stereocenters. The summed E-state index contributed by atoms with van der Waals surface area (Å²) in [4.78, 5) is 0. The fourth-order valence-corrected chi connectivity index (χ4v) is 1.55. The SMILES string of the molecule is CC(C)c1cnn(CCC2(N)CC2)c1. The highest BCUT2D eigenvalue weighted by atomic mass is 15.3. The van der Waals surface area contributed by atoms with Gasteiger partial charge in [-0.2, -0.15) is 5.10 Å². The van der Waals surface area contributed by atoms with Crippen LogP contribution in [0.4, 0.5) is 0 Å². The van der Waals surface area contributed by atoms with E-state index in [0.29, 0.717) is 5.92 Å². The second-order valence-corrected chi connectivity index (χ2v) is 4.80. The number of nitrogens with zero attached hydrogens (tertiary/aromatic N) is 2. The van der Waals surface area contributed by atoms with Crippen LogP contribution in [0.25, 0.3) is 0 Å². The maximum Gasteiger partial charge on any atom is 0.0524 e. The molecule has 2 N–H and O–H groups in total.